The molecule has 2 aromatic rings. The van der Waals surface area contributed by atoms with Crippen LogP contribution in [0.25, 0.3) is 10.9 Å². The minimum Gasteiger partial charge on any atom is -0.358 e. The monoisotopic (exact) mass is 261 g/mol. The third-order valence-electron chi connectivity index (χ3n) is 4.02. The van der Waals surface area contributed by atoms with E-state index in [-0.39, 0.29) is 12.7 Å². The summed E-state index contributed by atoms with van der Waals surface area (Å²) in [5, 5.41) is 4.47. The van der Waals surface area contributed by atoms with Gasteiger partial charge in [0, 0.05) is 48.3 Å². The van der Waals surface area contributed by atoms with Crippen molar-refractivity contribution in [3.8, 4) is 0 Å². The van der Waals surface area contributed by atoms with E-state index in [1.54, 1.807) is 0 Å². The summed E-state index contributed by atoms with van der Waals surface area (Å²) >= 11 is 0. The molecule has 0 unspecified atom stereocenters. The van der Waals surface area contributed by atoms with Crippen molar-refractivity contribution in [2.45, 2.75) is 13.0 Å². The van der Waals surface area contributed by atoms with Crippen LogP contribution >= 0.6 is 0 Å². The Labute approximate surface area is 112 Å². The maximum atomic E-state index is 13.6. The molecule has 0 radical (unpaired) electrons. The van der Waals surface area contributed by atoms with E-state index in [2.05, 4.69) is 27.3 Å². The topological polar surface area (TPSA) is 31.1 Å². The number of aromatic amines is 1. The second-order valence-corrected chi connectivity index (χ2v) is 5.17. The Balaban J connectivity index is 2.02. The fourth-order valence-corrected chi connectivity index (χ4v) is 3.08. The second-order valence-electron chi connectivity index (χ2n) is 5.17. The zero-order valence-corrected chi connectivity index (χ0v) is 11.2. The van der Waals surface area contributed by atoms with Gasteiger partial charge in [0.1, 0.15) is 6.67 Å². The third kappa shape index (κ3) is 2.26. The van der Waals surface area contributed by atoms with Crippen molar-refractivity contribution in [1.82, 2.24) is 15.2 Å². The van der Waals surface area contributed by atoms with E-state index < -0.39 is 0 Å². The van der Waals surface area contributed by atoms with Gasteiger partial charge in [-0.05, 0) is 13.0 Å². The van der Waals surface area contributed by atoms with Crippen molar-refractivity contribution < 1.29 is 4.39 Å². The number of aryl methyl sites for hydroxylation is 1. The molecule has 1 aliphatic rings. The number of para-hydroxylation sites is 1. The molecule has 0 saturated carbocycles. The average molecular weight is 261 g/mol. The average Bonchev–Trinajstić information content (AvgIpc) is 2.78. The third-order valence-corrected chi connectivity index (χ3v) is 4.02. The number of aromatic nitrogens is 1. The van der Waals surface area contributed by atoms with Crippen molar-refractivity contribution in [2.24, 2.45) is 0 Å². The lowest BCUT2D eigenvalue weighted by molar-refractivity contribution is 0.148. The lowest BCUT2D eigenvalue weighted by Gasteiger charge is -2.33. The minimum atomic E-state index is -0.331. The molecular weight excluding hydrogens is 241 g/mol. The number of hydrogen-bond donors (Lipinski definition) is 2. The molecule has 102 valence electrons. The number of benzene rings is 1. The predicted octanol–water partition coefficient (Wildman–Crippen LogP) is 2.39. The highest BCUT2D eigenvalue weighted by molar-refractivity contribution is 5.85. The first-order chi connectivity index (χ1) is 9.31. The summed E-state index contributed by atoms with van der Waals surface area (Å²) in [6.07, 6.45) is 0. The van der Waals surface area contributed by atoms with Crippen LogP contribution < -0.4 is 5.32 Å². The van der Waals surface area contributed by atoms with Crippen LogP contribution in [0, 0.1) is 6.92 Å². The molecule has 1 aliphatic heterocycles. The van der Waals surface area contributed by atoms with E-state index in [0.29, 0.717) is 0 Å². The first-order valence-electron chi connectivity index (χ1n) is 6.89. The van der Waals surface area contributed by atoms with Gasteiger partial charge in [0.25, 0.3) is 0 Å². The number of nitrogens with one attached hydrogen (secondary N) is 2. The van der Waals surface area contributed by atoms with Gasteiger partial charge in [-0.2, -0.15) is 0 Å². The summed E-state index contributed by atoms with van der Waals surface area (Å²) < 4.78 is 13.6. The number of piperazine rings is 1. The molecule has 2 N–H and O–H groups in total. The van der Waals surface area contributed by atoms with Crippen LogP contribution in [-0.4, -0.2) is 42.7 Å². The molecule has 3 rings (SSSR count). The number of nitrogens with zero attached hydrogens (tertiary/aromatic N) is 1. The molecule has 1 aromatic heterocycles. The SMILES string of the molecule is Cc1[nH]c2ccccc2c1[C@@H](CF)N1CCNCC1. The lowest BCUT2D eigenvalue weighted by atomic mass is 10.0. The lowest BCUT2D eigenvalue weighted by Crippen LogP contribution is -2.45. The Morgan fingerprint density at radius 1 is 1.26 bits per heavy atom. The molecule has 0 bridgehead atoms. The van der Waals surface area contributed by atoms with Crippen molar-refractivity contribution in [3.63, 3.8) is 0 Å². The zero-order valence-electron chi connectivity index (χ0n) is 11.2. The van der Waals surface area contributed by atoms with Gasteiger partial charge in [0.15, 0.2) is 0 Å². The maximum Gasteiger partial charge on any atom is 0.109 e. The molecule has 1 atom stereocenters. The Morgan fingerprint density at radius 3 is 2.74 bits per heavy atom. The van der Waals surface area contributed by atoms with Crippen LogP contribution in [0.5, 0.6) is 0 Å². The predicted molar refractivity (Wildman–Crippen MR) is 76.2 cm³/mol. The molecule has 0 amide bonds. The van der Waals surface area contributed by atoms with Gasteiger partial charge in [-0.25, -0.2) is 4.39 Å². The highest BCUT2D eigenvalue weighted by Crippen LogP contribution is 2.31. The van der Waals surface area contributed by atoms with Crippen LogP contribution in [0.4, 0.5) is 4.39 Å². The highest BCUT2D eigenvalue weighted by atomic mass is 19.1. The van der Waals surface area contributed by atoms with Crippen LogP contribution in [0.2, 0.25) is 0 Å². The number of fused-ring (bicyclic) bond motifs is 1. The van der Waals surface area contributed by atoms with Gasteiger partial charge in [0.2, 0.25) is 0 Å². The standard InChI is InChI=1S/C15H20FN3/c1-11-15(12-4-2-3-5-13(12)18-11)14(10-16)19-8-6-17-7-9-19/h2-5,14,17-18H,6-10H2,1H3/t14-/m1/s1. The van der Waals surface area contributed by atoms with Gasteiger partial charge >= 0.3 is 0 Å². The van der Waals surface area contributed by atoms with Gasteiger partial charge in [-0.3, -0.25) is 4.90 Å². The van der Waals surface area contributed by atoms with E-state index >= 15 is 0 Å². The molecule has 1 fully saturated rings. The molecule has 2 heterocycles. The Hall–Kier alpha value is -1.39. The second kappa shape index (κ2) is 5.31. The highest BCUT2D eigenvalue weighted by Gasteiger charge is 2.26. The van der Waals surface area contributed by atoms with Crippen molar-refractivity contribution in [3.05, 3.63) is 35.5 Å². The molecule has 1 saturated heterocycles. The van der Waals surface area contributed by atoms with Crippen molar-refractivity contribution in [2.75, 3.05) is 32.9 Å². The normalized spacial score (nSPS) is 18.8. The summed E-state index contributed by atoms with van der Waals surface area (Å²) in [6, 6.07) is 8.04. The number of rotatable bonds is 3. The fourth-order valence-electron chi connectivity index (χ4n) is 3.08. The van der Waals surface area contributed by atoms with E-state index in [1.807, 2.05) is 19.1 Å². The maximum absolute atomic E-state index is 13.6. The summed E-state index contributed by atoms with van der Waals surface area (Å²) in [5.41, 5.74) is 3.31. The largest absolute Gasteiger partial charge is 0.358 e. The van der Waals surface area contributed by atoms with Gasteiger partial charge in [0.05, 0.1) is 6.04 Å². The summed E-state index contributed by atoms with van der Waals surface area (Å²) in [4.78, 5) is 5.62. The number of alkyl halides is 1. The molecule has 1 aromatic carbocycles. The minimum absolute atomic E-state index is 0.127. The molecule has 0 spiro atoms. The molecular formula is C15H20FN3. The van der Waals surface area contributed by atoms with Gasteiger partial charge < -0.3 is 10.3 Å². The molecule has 3 nitrogen and oxygen atoms in total. The number of hydrogen-bond acceptors (Lipinski definition) is 2. The summed E-state index contributed by atoms with van der Waals surface area (Å²) in [5.74, 6) is 0. The van der Waals surface area contributed by atoms with Crippen LogP contribution in [0.3, 0.4) is 0 Å². The molecule has 19 heavy (non-hydrogen) atoms. The van der Waals surface area contributed by atoms with Crippen LogP contribution in [-0.2, 0) is 0 Å². The molecule has 0 aliphatic carbocycles. The van der Waals surface area contributed by atoms with E-state index in [0.717, 1.165) is 48.3 Å². The number of halogens is 1. The van der Waals surface area contributed by atoms with Gasteiger partial charge in [-0.15, -0.1) is 0 Å². The quantitative estimate of drug-likeness (QED) is 0.889. The van der Waals surface area contributed by atoms with E-state index in [9.17, 15) is 4.39 Å². The smallest absolute Gasteiger partial charge is 0.109 e. The van der Waals surface area contributed by atoms with E-state index in [1.165, 1.54) is 0 Å². The Bertz CT molecular complexity index is 558. The first-order valence-corrected chi connectivity index (χ1v) is 6.89. The fraction of sp³-hybridized carbons (Fsp3) is 0.467. The Kier molecular flexibility index (Phi) is 3.53. The zero-order chi connectivity index (χ0) is 13.2. The number of H-pyrrole nitrogens is 1. The molecule has 4 heteroatoms. The van der Waals surface area contributed by atoms with Crippen molar-refractivity contribution in [1.29, 1.82) is 0 Å². The first kappa shape index (κ1) is 12.6. The van der Waals surface area contributed by atoms with Crippen molar-refractivity contribution >= 4 is 10.9 Å². The Morgan fingerprint density at radius 2 is 2.00 bits per heavy atom. The van der Waals surface area contributed by atoms with Gasteiger partial charge in [-0.1, -0.05) is 18.2 Å². The van der Waals surface area contributed by atoms with Crippen LogP contribution in [0.1, 0.15) is 17.3 Å². The van der Waals surface area contributed by atoms with Crippen LogP contribution in [0.15, 0.2) is 24.3 Å². The summed E-state index contributed by atoms with van der Waals surface area (Å²) in [6.45, 7) is 5.42. The summed E-state index contributed by atoms with van der Waals surface area (Å²) in [7, 11) is 0. The van der Waals surface area contributed by atoms with E-state index in [4.69, 9.17) is 0 Å².